The van der Waals surface area contributed by atoms with E-state index in [1.165, 1.54) is 18.2 Å². The molecular formula is C13H9Cl2N3O5S. The van der Waals surface area contributed by atoms with Gasteiger partial charge in [0.05, 0.1) is 20.7 Å². The lowest BCUT2D eigenvalue weighted by molar-refractivity contribution is -0.380. The summed E-state index contributed by atoms with van der Waals surface area (Å²) in [7, 11) is 0. The number of hydrogen-bond acceptors (Lipinski definition) is 7. The largest absolute Gasteiger partial charge is 0.451 e. The number of carbonyl (C=O) groups is 2. The van der Waals surface area contributed by atoms with E-state index in [9.17, 15) is 19.7 Å². The average molecular weight is 390 g/mol. The molecule has 0 aromatic carbocycles. The number of ether oxygens (including phenoxy) is 1. The van der Waals surface area contributed by atoms with Crippen LogP contribution in [0.2, 0.25) is 10.0 Å². The number of esters is 1. The van der Waals surface area contributed by atoms with E-state index in [1.807, 2.05) is 0 Å². The molecule has 8 nitrogen and oxygen atoms in total. The summed E-state index contributed by atoms with van der Waals surface area (Å²) in [6, 6.07) is 3.86. The standard InChI is InChI=1S/C13H9Cl2N3O5S/c1-6-7(14)4-8(15)12(16-6)17-10(19)5-23-13(20)9-2-3-11(24-9)18(21)22/h2-4H,5H2,1H3,(H,16,17,19). The van der Waals surface area contributed by atoms with E-state index in [0.29, 0.717) is 22.1 Å². The summed E-state index contributed by atoms with van der Waals surface area (Å²) in [4.78, 5) is 37.5. The van der Waals surface area contributed by atoms with Crippen molar-refractivity contribution in [3.05, 3.63) is 48.9 Å². The van der Waals surface area contributed by atoms with Gasteiger partial charge in [0.15, 0.2) is 12.4 Å². The van der Waals surface area contributed by atoms with E-state index in [0.717, 1.165) is 0 Å². The number of nitro groups is 1. The van der Waals surface area contributed by atoms with Crippen LogP contribution < -0.4 is 5.32 Å². The fourth-order valence-corrected chi connectivity index (χ4v) is 2.67. The Morgan fingerprint density at radius 1 is 1.38 bits per heavy atom. The summed E-state index contributed by atoms with van der Waals surface area (Å²) in [6.07, 6.45) is 0. The number of aryl methyl sites for hydroxylation is 1. The van der Waals surface area contributed by atoms with Gasteiger partial charge in [0.25, 0.3) is 5.91 Å². The van der Waals surface area contributed by atoms with Crippen molar-refractivity contribution in [2.45, 2.75) is 6.92 Å². The van der Waals surface area contributed by atoms with Gasteiger partial charge in [-0.2, -0.15) is 0 Å². The Morgan fingerprint density at radius 3 is 2.71 bits per heavy atom. The van der Waals surface area contributed by atoms with Crippen LogP contribution in [0.25, 0.3) is 0 Å². The summed E-state index contributed by atoms with van der Waals surface area (Å²) in [6.45, 7) is 1.04. The topological polar surface area (TPSA) is 111 Å². The molecular weight excluding hydrogens is 381 g/mol. The minimum absolute atomic E-state index is 0.0213. The second-order valence-electron chi connectivity index (χ2n) is 4.41. The smallest absolute Gasteiger partial charge is 0.349 e. The van der Waals surface area contributed by atoms with Crippen molar-refractivity contribution < 1.29 is 19.2 Å². The quantitative estimate of drug-likeness (QED) is 0.475. The molecule has 0 unspecified atom stereocenters. The molecule has 0 saturated heterocycles. The highest BCUT2D eigenvalue weighted by Crippen LogP contribution is 2.26. The van der Waals surface area contributed by atoms with Crippen molar-refractivity contribution in [3.63, 3.8) is 0 Å². The minimum Gasteiger partial charge on any atom is -0.451 e. The SMILES string of the molecule is Cc1nc(NC(=O)COC(=O)c2ccc([N+](=O)[O-])s2)c(Cl)cc1Cl. The van der Waals surface area contributed by atoms with Gasteiger partial charge in [0, 0.05) is 6.07 Å². The number of aromatic nitrogens is 1. The first-order valence-corrected chi connectivity index (χ1v) is 7.89. The molecule has 2 aromatic heterocycles. The Hall–Kier alpha value is -2.23. The summed E-state index contributed by atoms with van der Waals surface area (Å²) in [5, 5.41) is 13.2. The van der Waals surface area contributed by atoms with Gasteiger partial charge in [0.2, 0.25) is 0 Å². The Kier molecular flexibility index (Phi) is 5.71. The zero-order chi connectivity index (χ0) is 17.9. The van der Waals surface area contributed by atoms with Crippen LogP contribution in [-0.2, 0) is 9.53 Å². The van der Waals surface area contributed by atoms with Crippen LogP contribution in [-0.4, -0.2) is 28.4 Å². The van der Waals surface area contributed by atoms with Crippen molar-refractivity contribution in [2.75, 3.05) is 11.9 Å². The van der Waals surface area contributed by atoms with Gasteiger partial charge in [-0.25, -0.2) is 9.78 Å². The normalized spacial score (nSPS) is 10.3. The fraction of sp³-hybridized carbons (Fsp3) is 0.154. The van der Waals surface area contributed by atoms with E-state index >= 15 is 0 Å². The molecule has 0 radical (unpaired) electrons. The molecule has 0 fully saturated rings. The van der Waals surface area contributed by atoms with Gasteiger partial charge in [-0.15, -0.1) is 0 Å². The van der Waals surface area contributed by atoms with E-state index in [-0.39, 0.29) is 20.7 Å². The molecule has 0 aliphatic heterocycles. The van der Waals surface area contributed by atoms with Gasteiger partial charge < -0.3 is 10.1 Å². The fourth-order valence-electron chi connectivity index (χ4n) is 1.55. The molecule has 126 valence electrons. The predicted molar refractivity (Wildman–Crippen MR) is 88.9 cm³/mol. The molecule has 24 heavy (non-hydrogen) atoms. The van der Waals surface area contributed by atoms with Crippen LogP contribution in [0.1, 0.15) is 15.4 Å². The van der Waals surface area contributed by atoms with Gasteiger partial charge in [-0.3, -0.25) is 14.9 Å². The first-order chi connectivity index (χ1) is 11.3. The number of carbonyl (C=O) groups excluding carboxylic acids is 2. The van der Waals surface area contributed by atoms with E-state index < -0.39 is 23.4 Å². The second kappa shape index (κ2) is 7.56. The molecule has 1 N–H and O–H groups in total. The summed E-state index contributed by atoms with van der Waals surface area (Å²) < 4.78 is 4.79. The minimum atomic E-state index is -0.838. The third kappa shape index (κ3) is 4.40. The number of nitrogens with one attached hydrogen (secondary N) is 1. The Labute approximate surface area is 149 Å². The Balaban J connectivity index is 1.94. The van der Waals surface area contributed by atoms with Crippen LogP contribution in [0.3, 0.4) is 0 Å². The van der Waals surface area contributed by atoms with Crippen LogP contribution in [0.4, 0.5) is 10.8 Å². The van der Waals surface area contributed by atoms with Crippen molar-refractivity contribution in [1.82, 2.24) is 4.98 Å². The number of halogens is 2. The Morgan fingerprint density at radius 2 is 2.08 bits per heavy atom. The lowest BCUT2D eigenvalue weighted by Crippen LogP contribution is -2.21. The summed E-state index contributed by atoms with van der Waals surface area (Å²) in [5.41, 5.74) is 0.472. The molecule has 2 aromatic rings. The number of pyridine rings is 1. The van der Waals surface area contributed by atoms with Crippen LogP contribution in [0.15, 0.2) is 18.2 Å². The average Bonchev–Trinajstić information content (AvgIpc) is 3.00. The van der Waals surface area contributed by atoms with E-state index in [1.54, 1.807) is 6.92 Å². The van der Waals surface area contributed by atoms with Crippen LogP contribution >= 0.6 is 34.5 Å². The molecule has 0 atom stereocenters. The lowest BCUT2D eigenvalue weighted by Gasteiger charge is -2.08. The first-order valence-electron chi connectivity index (χ1n) is 6.31. The number of nitrogens with zero attached hydrogens (tertiary/aromatic N) is 2. The number of anilines is 1. The molecule has 0 bridgehead atoms. The Bertz CT molecular complexity index is 824. The highest BCUT2D eigenvalue weighted by atomic mass is 35.5. The van der Waals surface area contributed by atoms with Crippen LogP contribution in [0.5, 0.6) is 0 Å². The zero-order valence-electron chi connectivity index (χ0n) is 12.0. The van der Waals surface area contributed by atoms with E-state index in [2.05, 4.69) is 10.3 Å². The van der Waals surface area contributed by atoms with Gasteiger partial charge in [0.1, 0.15) is 4.88 Å². The lowest BCUT2D eigenvalue weighted by atomic mass is 10.3. The second-order valence-corrected chi connectivity index (χ2v) is 6.28. The van der Waals surface area contributed by atoms with Crippen molar-refractivity contribution >= 4 is 57.2 Å². The van der Waals surface area contributed by atoms with Crippen LogP contribution in [0, 0.1) is 17.0 Å². The monoisotopic (exact) mass is 389 g/mol. The molecule has 2 heterocycles. The predicted octanol–water partition coefficient (Wildman–Crippen LogP) is 3.46. The van der Waals surface area contributed by atoms with Gasteiger partial charge in [-0.05, 0) is 19.1 Å². The van der Waals surface area contributed by atoms with Gasteiger partial charge in [-0.1, -0.05) is 34.5 Å². The van der Waals surface area contributed by atoms with Gasteiger partial charge >= 0.3 is 11.0 Å². The number of hydrogen-bond donors (Lipinski definition) is 1. The third-order valence-corrected chi connectivity index (χ3v) is 4.36. The number of thiophene rings is 1. The first kappa shape index (κ1) is 18.1. The molecule has 11 heteroatoms. The van der Waals surface area contributed by atoms with Crippen molar-refractivity contribution in [3.8, 4) is 0 Å². The highest BCUT2D eigenvalue weighted by molar-refractivity contribution is 7.17. The summed E-state index contributed by atoms with van der Waals surface area (Å²) in [5.74, 6) is -1.41. The number of rotatable bonds is 5. The zero-order valence-corrected chi connectivity index (χ0v) is 14.4. The highest BCUT2D eigenvalue weighted by Gasteiger charge is 2.18. The maximum atomic E-state index is 11.8. The molecule has 2 rings (SSSR count). The molecule has 0 aliphatic carbocycles. The summed E-state index contributed by atoms with van der Waals surface area (Å²) >= 11 is 12.4. The molecule has 0 aliphatic rings. The third-order valence-electron chi connectivity index (χ3n) is 2.67. The van der Waals surface area contributed by atoms with E-state index in [4.69, 9.17) is 27.9 Å². The molecule has 0 spiro atoms. The molecule has 0 saturated carbocycles. The number of amides is 1. The van der Waals surface area contributed by atoms with Crippen molar-refractivity contribution in [1.29, 1.82) is 0 Å². The van der Waals surface area contributed by atoms with Crippen molar-refractivity contribution in [2.24, 2.45) is 0 Å². The maximum absolute atomic E-state index is 11.8. The maximum Gasteiger partial charge on any atom is 0.349 e. The molecule has 1 amide bonds.